The number of rotatable bonds is 4. The Kier molecular flexibility index (Phi) is 3.42. The lowest BCUT2D eigenvalue weighted by molar-refractivity contribution is 0.102. The number of carbonyl (C=O) groups is 1. The zero-order chi connectivity index (χ0) is 13.9. The Morgan fingerprint density at radius 2 is 2.20 bits per heavy atom. The van der Waals surface area contributed by atoms with Gasteiger partial charge in [0.15, 0.2) is 11.4 Å². The predicted octanol–water partition coefficient (Wildman–Crippen LogP) is 2.47. The summed E-state index contributed by atoms with van der Waals surface area (Å²) in [6, 6.07) is 5.65. The van der Waals surface area contributed by atoms with E-state index in [0.29, 0.717) is 21.8 Å². The standard InChI is InChI=1S/C13H9FN4OS/c14-9-3-1-2-8(4-9)10(19)5-20-13-11-12(16-6-15-11)17-7-18-13/h1-4,6-7H,5H2,(H,15,16,17,18). The number of benzene rings is 1. The minimum atomic E-state index is -0.418. The number of aromatic amines is 1. The zero-order valence-corrected chi connectivity index (χ0v) is 11.0. The largest absolute Gasteiger partial charge is 0.341 e. The first-order chi connectivity index (χ1) is 9.74. The monoisotopic (exact) mass is 288 g/mol. The molecule has 0 spiro atoms. The SMILES string of the molecule is O=C(CSc1ncnc2nc[nH]c12)c1cccc(F)c1. The van der Waals surface area contributed by atoms with E-state index >= 15 is 0 Å². The summed E-state index contributed by atoms with van der Waals surface area (Å²) in [5, 5.41) is 0.650. The fourth-order valence-corrected chi connectivity index (χ4v) is 2.58. The van der Waals surface area contributed by atoms with Crippen molar-refractivity contribution in [1.82, 2.24) is 19.9 Å². The van der Waals surface area contributed by atoms with E-state index in [4.69, 9.17) is 0 Å². The van der Waals surface area contributed by atoms with Crippen LogP contribution in [-0.2, 0) is 0 Å². The molecule has 0 aliphatic rings. The average molecular weight is 288 g/mol. The molecule has 0 atom stereocenters. The van der Waals surface area contributed by atoms with Gasteiger partial charge in [-0.25, -0.2) is 19.3 Å². The number of imidazole rings is 1. The number of hydrogen-bond acceptors (Lipinski definition) is 5. The molecule has 0 saturated heterocycles. The molecule has 0 radical (unpaired) electrons. The van der Waals surface area contributed by atoms with Crippen molar-refractivity contribution in [2.45, 2.75) is 5.03 Å². The normalized spacial score (nSPS) is 10.8. The molecule has 100 valence electrons. The molecule has 1 N–H and O–H groups in total. The molecule has 7 heteroatoms. The van der Waals surface area contributed by atoms with Gasteiger partial charge in [0.1, 0.15) is 22.7 Å². The summed E-state index contributed by atoms with van der Waals surface area (Å²) < 4.78 is 13.1. The van der Waals surface area contributed by atoms with Gasteiger partial charge in [0.25, 0.3) is 0 Å². The van der Waals surface area contributed by atoms with Crippen molar-refractivity contribution in [3.8, 4) is 0 Å². The lowest BCUT2D eigenvalue weighted by Gasteiger charge is -2.02. The number of nitrogens with zero attached hydrogens (tertiary/aromatic N) is 3. The van der Waals surface area contributed by atoms with Crippen LogP contribution in [0.1, 0.15) is 10.4 Å². The third-order valence-electron chi connectivity index (χ3n) is 2.67. The molecule has 0 amide bonds. The van der Waals surface area contributed by atoms with Gasteiger partial charge in [0.2, 0.25) is 0 Å². The van der Waals surface area contributed by atoms with E-state index < -0.39 is 5.82 Å². The van der Waals surface area contributed by atoms with E-state index in [0.717, 1.165) is 0 Å². The average Bonchev–Trinajstić information content (AvgIpc) is 2.93. The van der Waals surface area contributed by atoms with Crippen LogP contribution in [0, 0.1) is 5.82 Å². The summed E-state index contributed by atoms with van der Waals surface area (Å²) in [6.45, 7) is 0. The lowest BCUT2D eigenvalue weighted by Crippen LogP contribution is -2.03. The molecule has 0 saturated carbocycles. The molecule has 3 aromatic rings. The molecule has 1 aromatic carbocycles. The predicted molar refractivity (Wildman–Crippen MR) is 73.1 cm³/mol. The van der Waals surface area contributed by atoms with Crippen LogP contribution in [-0.4, -0.2) is 31.5 Å². The molecule has 3 rings (SSSR count). The number of H-pyrrole nitrogens is 1. The first-order valence-electron chi connectivity index (χ1n) is 5.79. The number of aromatic nitrogens is 4. The number of hydrogen-bond donors (Lipinski definition) is 1. The highest BCUT2D eigenvalue weighted by molar-refractivity contribution is 8.00. The van der Waals surface area contributed by atoms with Gasteiger partial charge >= 0.3 is 0 Å². The highest BCUT2D eigenvalue weighted by Gasteiger charge is 2.11. The molecular weight excluding hydrogens is 279 g/mol. The summed E-state index contributed by atoms with van der Waals surface area (Å²) >= 11 is 1.27. The van der Waals surface area contributed by atoms with Gasteiger partial charge in [-0.2, -0.15) is 0 Å². The number of Topliss-reactive ketones (excluding diaryl/α,β-unsaturated/α-hetero) is 1. The summed E-state index contributed by atoms with van der Waals surface area (Å²) in [5.74, 6) is -0.395. The van der Waals surface area contributed by atoms with E-state index in [-0.39, 0.29) is 11.5 Å². The van der Waals surface area contributed by atoms with Crippen LogP contribution in [0.4, 0.5) is 4.39 Å². The molecule has 0 aliphatic heterocycles. The van der Waals surface area contributed by atoms with E-state index in [1.807, 2.05) is 0 Å². The Labute approximate surface area is 117 Å². The Bertz CT molecular complexity index is 774. The smallest absolute Gasteiger partial charge is 0.181 e. The van der Waals surface area contributed by atoms with Crippen molar-refractivity contribution >= 4 is 28.7 Å². The molecule has 0 fully saturated rings. The van der Waals surface area contributed by atoms with Gasteiger partial charge in [-0.05, 0) is 12.1 Å². The quantitative estimate of drug-likeness (QED) is 0.453. The van der Waals surface area contributed by atoms with Gasteiger partial charge in [-0.3, -0.25) is 4.79 Å². The molecular formula is C13H9FN4OS. The second-order valence-electron chi connectivity index (χ2n) is 4.00. The van der Waals surface area contributed by atoms with Gasteiger partial charge < -0.3 is 4.98 Å². The van der Waals surface area contributed by atoms with Gasteiger partial charge in [0.05, 0.1) is 12.1 Å². The van der Waals surface area contributed by atoms with Crippen molar-refractivity contribution in [2.75, 3.05) is 5.75 Å². The van der Waals surface area contributed by atoms with E-state index in [1.165, 1.54) is 42.6 Å². The summed E-state index contributed by atoms with van der Waals surface area (Å²) in [6.07, 6.45) is 2.93. The Morgan fingerprint density at radius 3 is 3.05 bits per heavy atom. The number of fused-ring (bicyclic) bond motifs is 1. The zero-order valence-electron chi connectivity index (χ0n) is 10.2. The van der Waals surface area contributed by atoms with E-state index in [1.54, 1.807) is 6.07 Å². The summed E-state index contributed by atoms with van der Waals surface area (Å²) in [7, 11) is 0. The second kappa shape index (κ2) is 5.38. The fourth-order valence-electron chi connectivity index (χ4n) is 1.73. The van der Waals surface area contributed by atoms with Crippen LogP contribution < -0.4 is 0 Å². The summed E-state index contributed by atoms with van der Waals surface area (Å²) in [5.41, 5.74) is 1.61. The maximum Gasteiger partial charge on any atom is 0.181 e. The minimum Gasteiger partial charge on any atom is -0.341 e. The third-order valence-corrected chi connectivity index (χ3v) is 3.66. The summed E-state index contributed by atoms with van der Waals surface area (Å²) in [4.78, 5) is 27.1. The van der Waals surface area contributed by atoms with Crippen LogP contribution >= 0.6 is 11.8 Å². The van der Waals surface area contributed by atoms with E-state index in [9.17, 15) is 9.18 Å². The number of ketones is 1. The number of halogens is 1. The molecule has 0 aliphatic carbocycles. The maximum absolute atomic E-state index is 13.1. The molecule has 2 aromatic heterocycles. The van der Waals surface area contributed by atoms with Gasteiger partial charge in [-0.15, -0.1) is 0 Å². The van der Waals surface area contributed by atoms with E-state index in [2.05, 4.69) is 19.9 Å². The highest BCUT2D eigenvalue weighted by atomic mass is 32.2. The van der Waals surface area contributed by atoms with Crippen LogP contribution in [0.15, 0.2) is 41.9 Å². The molecule has 2 heterocycles. The number of thioether (sulfide) groups is 1. The fraction of sp³-hybridized carbons (Fsp3) is 0.0769. The van der Waals surface area contributed by atoms with Crippen LogP contribution in [0.25, 0.3) is 11.2 Å². The topological polar surface area (TPSA) is 71.5 Å². The molecule has 0 unspecified atom stereocenters. The molecule has 0 bridgehead atoms. The van der Waals surface area contributed by atoms with Crippen LogP contribution in [0.2, 0.25) is 0 Å². The van der Waals surface area contributed by atoms with Crippen molar-refractivity contribution in [2.24, 2.45) is 0 Å². The Hall–Kier alpha value is -2.28. The first kappa shape index (κ1) is 12.7. The Balaban J connectivity index is 1.76. The van der Waals surface area contributed by atoms with Crippen molar-refractivity contribution in [3.05, 3.63) is 48.3 Å². The van der Waals surface area contributed by atoms with Gasteiger partial charge in [-0.1, -0.05) is 23.9 Å². The third kappa shape index (κ3) is 2.53. The lowest BCUT2D eigenvalue weighted by atomic mass is 10.1. The van der Waals surface area contributed by atoms with Crippen molar-refractivity contribution < 1.29 is 9.18 Å². The van der Waals surface area contributed by atoms with Crippen LogP contribution in [0.3, 0.4) is 0 Å². The molecule has 5 nitrogen and oxygen atoms in total. The van der Waals surface area contributed by atoms with Crippen molar-refractivity contribution in [3.63, 3.8) is 0 Å². The minimum absolute atomic E-state index is 0.152. The maximum atomic E-state index is 13.1. The second-order valence-corrected chi connectivity index (χ2v) is 4.97. The van der Waals surface area contributed by atoms with Gasteiger partial charge in [0, 0.05) is 5.56 Å². The Morgan fingerprint density at radius 1 is 1.30 bits per heavy atom. The first-order valence-corrected chi connectivity index (χ1v) is 6.78. The van der Waals surface area contributed by atoms with Crippen LogP contribution in [0.5, 0.6) is 0 Å². The number of carbonyl (C=O) groups excluding carboxylic acids is 1. The molecule has 20 heavy (non-hydrogen) atoms. The van der Waals surface area contributed by atoms with Crippen molar-refractivity contribution in [1.29, 1.82) is 0 Å². The highest BCUT2D eigenvalue weighted by Crippen LogP contribution is 2.22. The number of nitrogens with one attached hydrogen (secondary N) is 1.